The van der Waals surface area contributed by atoms with E-state index in [0.717, 1.165) is 12.8 Å². The molecule has 5 nitrogen and oxygen atoms in total. The van der Waals surface area contributed by atoms with Gasteiger partial charge >= 0.3 is 7.82 Å². The third kappa shape index (κ3) is 12.3. The summed E-state index contributed by atoms with van der Waals surface area (Å²) >= 11 is 0. The Labute approximate surface area is 104 Å². The van der Waals surface area contributed by atoms with Gasteiger partial charge in [-0.25, -0.2) is 4.57 Å². The van der Waals surface area contributed by atoms with Crippen molar-refractivity contribution in [1.82, 2.24) is 0 Å². The van der Waals surface area contributed by atoms with E-state index in [4.69, 9.17) is 14.5 Å². The summed E-state index contributed by atoms with van der Waals surface area (Å²) in [5, 5.41) is 0. The third-order valence-corrected chi connectivity index (χ3v) is 2.90. The molecule has 0 heterocycles. The predicted octanol–water partition coefficient (Wildman–Crippen LogP) is 3.21. The van der Waals surface area contributed by atoms with Crippen molar-refractivity contribution in [3.05, 3.63) is 0 Å². The van der Waals surface area contributed by atoms with Crippen molar-refractivity contribution in [3.8, 4) is 0 Å². The number of phosphoric ester groups is 1. The quantitative estimate of drug-likeness (QED) is 0.342. The largest absolute Gasteiger partial charge is 0.471 e. The van der Waals surface area contributed by atoms with E-state index in [-0.39, 0.29) is 0 Å². The van der Waals surface area contributed by atoms with Crippen LogP contribution in [0.2, 0.25) is 0 Å². The zero-order chi connectivity index (χ0) is 13.1. The fourth-order valence-corrected chi connectivity index (χ4v) is 1.99. The lowest BCUT2D eigenvalue weighted by molar-refractivity contribution is -0.0944. The van der Waals surface area contributed by atoms with E-state index in [2.05, 4.69) is 11.4 Å². The second-order valence-electron chi connectivity index (χ2n) is 4.07. The van der Waals surface area contributed by atoms with Gasteiger partial charge in [-0.1, -0.05) is 46.0 Å². The van der Waals surface area contributed by atoms with Gasteiger partial charge in [-0.05, 0) is 12.8 Å². The van der Waals surface area contributed by atoms with Crippen LogP contribution in [0.25, 0.3) is 0 Å². The average molecular weight is 268 g/mol. The highest BCUT2D eigenvalue weighted by molar-refractivity contribution is 7.46. The first kappa shape index (κ1) is 17.1. The maximum atomic E-state index is 10.6. The molecular formula is C11H25O5P. The number of ether oxygens (including phenoxy) is 1. The fourth-order valence-electron chi connectivity index (χ4n) is 1.47. The van der Waals surface area contributed by atoms with Crippen molar-refractivity contribution in [2.75, 3.05) is 6.61 Å². The average Bonchev–Trinajstić information content (AvgIpc) is 2.24. The van der Waals surface area contributed by atoms with Crippen LogP contribution in [0.1, 0.15) is 58.8 Å². The normalized spacial score (nSPS) is 13.9. The Morgan fingerprint density at radius 3 is 2.18 bits per heavy atom. The van der Waals surface area contributed by atoms with Gasteiger partial charge in [0.1, 0.15) is 0 Å². The zero-order valence-corrected chi connectivity index (χ0v) is 11.7. The minimum absolute atomic E-state index is 0.431. The molecule has 0 radical (unpaired) electrons. The Morgan fingerprint density at radius 2 is 1.65 bits per heavy atom. The Bertz CT molecular complexity index is 216. The molecule has 0 bridgehead atoms. The summed E-state index contributed by atoms with van der Waals surface area (Å²) in [7, 11) is -4.43. The van der Waals surface area contributed by atoms with Crippen molar-refractivity contribution < 1.29 is 23.6 Å². The van der Waals surface area contributed by atoms with Crippen LogP contribution in [-0.2, 0) is 13.8 Å². The molecule has 6 heteroatoms. The van der Waals surface area contributed by atoms with Gasteiger partial charge in [-0.3, -0.25) is 4.52 Å². The van der Waals surface area contributed by atoms with Crippen molar-refractivity contribution >= 4 is 7.82 Å². The van der Waals surface area contributed by atoms with Crippen molar-refractivity contribution in [2.45, 2.75) is 65.1 Å². The van der Waals surface area contributed by atoms with Gasteiger partial charge in [0.2, 0.25) is 0 Å². The number of rotatable bonds is 11. The summed E-state index contributed by atoms with van der Waals surface area (Å²) in [5.74, 6) is 0. The van der Waals surface area contributed by atoms with Gasteiger partial charge in [0.15, 0.2) is 6.29 Å². The highest BCUT2D eigenvalue weighted by Gasteiger charge is 2.20. The Balaban J connectivity index is 3.47. The summed E-state index contributed by atoms with van der Waals surface area (Å²) < 4.78 is 20.3. The second kappa shape index (κ2) is 10.0. The molecule has 1 atom stereocenters. The Kier molecular flexibility index (Phi) is 10.1. The van der Waals surface area contributed by atoms with E-state index in [0.29, 0.717) is 13.0 Å². The topological polar surface area (TPSA) is 76.0 Å². The van der Waals surface area contributed by atoms with Gasteiger partial charge in [0, 0.05) is 6.61 Å². The van der Waals surface area contributed by atoms with E-state index in [1.54, 1.807) is 6.92 Å². The molecule has 0 rings (SSSR count). The first-order valence-electron chi connectivity index (χ1n) is 6.35. The molecule has 0 spiro atoms. The highest BCUT2D eigenvalue weighted by Crippen LogP contribution is 2.38. The highest BCUT2D eigenvalue weighted by atomic mass is 31.2. The lowest BCUT2D eigenvalue weighted by atomic mass is 10.1. The third-order valence-electron chi connectivity index (χ3n) is 2.39. The van der Waals surface area contributed by atoms with Crippen LogP contribution in [-0.4, -0.2) is 22.7 Å². The van der Waals surface area contributed by atoms with Crippen LogP contribution in [0.4, 0.5) is 0 Å². The lowest BCUT2D eigenvalue weighted by Gasteiger charge is -2.16. The van der Waals surface area contributed by atoms with Gasteiger partial charge in [0.05, 0.1) is 0 Å². The molecule has 0 aliphatic heterocycles. The minimum atomic E-state index is -4.43. The maximum absolute atomic E-state index is 10.6. The Hall–Kier alpha value is 0.0700. The van der Waals surface area contributed by atoms with Crippen LogP contribution in [0.5, 0.6) is 0 Å². The summed E-state index contributed by atoms with van der Waals surface area (Å²) in [6.07, 6.45) is 6.55. The molecule has 1 unspecified atom stereocenters. The molecule has 0 fully saturated rings. The van der Waals surface area contributed by atoms with Crippen LogP contribution in [0, 0.1) is 0 Å². The molecule has 0 aromatic carbocycles. The van der Waals surface area contributed by atoms with Crippen molar-refractivity contribution in [2.24, 2.45) is 0 Å². The summed E-state index contributed by atoms with van der Waals surface area (Å²) in [6, 6.07) is 0. The summed E-state index contributed by atoms with van der Waals surface area (Å²) in [4.78, 5) is 17.3. The molecule has 0 amide bonds. The van der Waals surface area contributed by atoms with Crippen LogP contribution in [0.15, 0.2) is 0 Å². The van der Waals surface area contributed by atoms with E-state index in [1.165, 1.54) is 25.7 Å². The van der Waals surface area contributed by atoms with Gasteiger partial charge in [0.25, 0.3) is 0 Å². The van der Waals surface area contributed by atoms with Crippen LogP contribution >= 0.6 is 7.82 Å². The van der Waals surface area contributed by atoms with Gasteiger partial charge < -0.3 is 14.5 Å². The first-order chi connectivity index (χ1) is 7.99. The summed E-state index contributed by atoms with van der Waals surface area (Å²) in [5.41, 5.74) is 0. The molecule has 0 saturated carbocycles. The first-order valence-corrected chi connectivity index (χ1v) is 7.88. The Morgan fingerprint density at radius 1 is 1.06 bits per heavy atom. The van der Waals surface area contributed by atoms with E-state index < -0.39 is 14.1 Å². The van der Waals surface area contributed by atoms with Crippen molar-refractivity contribution in [1.29, 1.82) is 0 Å². The van der Waals surface area contributed by atoms with Crippen LogP contribution < -0.4 is 0 Å². The number of phosphoric acid groups is 1. The standard InChI is InChI=1S/C11H25O5P/c1-3-5-6-7-8-9-10-15-11(4-2)16-17(12,13)14/h11H,3-10H2,1-2H3,(H2,12,13,14). The van der Waals surface area contributed by atoms with Gasteiger partial charge in [-0.15, -0.1) is 0 Å². The molecule has 2 N–H and O–H groups in total. The summed E-state index contributed by atoms with van der Waals surface area (Å²) in [6.45, 7) is 4.43. The minimum Gasteiger partial charge on any atom is -0.352 e. The maximum Gasteiger partial charge on any atom is 0.471 e. The van der Waals surface area contributed by atoms with Crippen molar-refractivity contribution in [3.63, 3.8) is 0 Å². The molecule has 0 saturated heterocycles. The number of hydrogen-bond donors (Lipinski definition) is 2. The molecule has 0 aromatic rings. The molecule has 0 aliphatic carbocycles. The molecule has 0 aliphatic rings. The SMILES string of the molecule is CCCCCCCCOC(CC)OP(=O)(O)O. The second-order valence-corrected chi connectivity index (χ2v) is 5.26. The van der Waals surface area contributed by atoms with Gasteiger partial charge in [-0.2, -0.15) is 0 Å². The lowest BCUT2D eigenvalue weighted by Crippen LogP contribution is -2.15. The smallest absolute Gasteiger partial charge is 0.352 e. The van der Waals surface area contributed by atoms with E-state index >= 15 is 0 Å². The van der Waals surface area contributed by atoms with E-state index in [9.17, 15) is 4.57 Å². The molecular weight excluding hydrogens is 243 g/mol. The molecule has 0 aromatic heterocycles. The monoisotopic (exact) mass is 268 g/mol. The number of hydrogen-bond acceptors (Lipinski definition) is 3. The predicted molar refractivity (Wildman–Crippen MR) is 66.5 cm³/mol. The fraction of sp³-hybridized carbons (Fsp3) is 1.00. The number of unbranched alkanes of at least 4 members (excludes halogenated alkanes) is 5. The molecule has 104 valence electrons. The van der Waals surface area contributed by atoms with Crippen LogP contribution in [0.3, 0.4) is 0 Å². The van der Waals surface area contributed by atoms with E-state index in [1.807, 2.05) is 0 Å². The zero-order valence-electron chi connectivity index (χ0n) is 10.8. The molecule has 17 heavy (non-hydrogen) atoms.